The van der Waals surface area contributed by atoms with Gasteiger partial charge in [0.15, 0.2) is 0 Å². The lowest BCUT2D eigenvalue weighted by Gasteiger charge is -2.15. The second-order valence-corrected chi connectivity index (χ2v) is 4.04. The second kappa shape index (κ2) is 5.63. The molecule has 1 aliphatic heterocycles. The Hall–Kier alpha value is -1.39. The van der Waals surface area contributed by atoms with Crippen molar-refractivity contribution in [2.45, 2.75) is 46.0 Å². The number of imide groups is 1. The van der Waals surface area contributed by atoms with Crippen molar-refractivity contribution in [1.82, 2.24) is 5.06 Å². The Balaban J connectivity index is 2.44. The molecule has 1 aliphatic rings. The molecule has 1 rings (SSSR count). The van der Waals surface area contributed by atoms with Crippen molar-refractivity contribution < 1.29 is 19.2 Å². The van der Waals surface area contributed by atoms with Gasteiger partial charge in [-0.15, -0.1) is 5.06 Å². The molecule has 1 atom stereocenters. The Morgan fingerprint density at radius 3 is 2.44 bits per heavy atom. The summed E-state index contributed by atoms with van der Waals surface area (Å²) >= 11 is 0. The van der Waals surface area contributed by atoms with Gasteiger partial charge in [0.25, 0.3) is 11.8 Å². The summed E-state index contributed by atoms with van der Waals surface area (Å²) in [6.45, 7) is 3.77. The Morgan fingerprint density at radius 2 is 1.94 bits per heavy atom. The molecule has 2 amide bonds. The van der Waals surface area contributed by atoms with Gasteiger partial charge in [0.1, 0.15) is 0 Å². The molecule has 0 saturated carbocycles. The molecule has 5 nitrogen and oxygen atoms in total. The van der Waals surface area contributed by atoms with Crippen molar-refractivity contribution >= 4 is 17.8 Å². The molecule has 1 heterocycles. The zero-order valence-electron chi connectivity index (χ0n) is 9.69. The second-order valence-electron chi connectivity index (χ2n) is 4.04. The van der Waals surface area contributed by atoms with Crippen LogP contribution in [0.25, 0.3) is 0 Å². The summed E-state index contributed by atoms with van der Waals surface area (Å²) in [7, 11) is 0. The molecule has 1 saturated heterocycles. The molecule has 0 aromatic carbocycles. The van der Waals surface area contributed by atoms with Crippen LogP contribution < -0.4 is 0 Å². The van der Waals surface area contributed by atoms with E-state index in [2.05, 4.69) is 0 Å². The number of carbonyl (C=O) groups excluding carboxylic acids is 3. The van der Waals surface area contributed by atoms with E-state index in [1.807, 2.05) is 6.92 Å². The lowest BCUT2D eigenvalue weighted by atomic mass is 10.1. The number of carbonyl (C=O) groups is 3. The van der Waals surface area contributed by atoms with Gasteiger partial charge in [0.2, 0.25) is 0 Å². The highest BCUT2D eigenvalue weighted by Gasteiger charge is 2.33. The van der Waals surface area contributed by atoms with E-state index in [9.17, 15) is 14.4 Å². The normalized spacial score (nSPS) is 17.8. The molecule has 0 unspecified atom stereocenters. The molecule has 0 aromatic rings. The highest BCUT2D eigenvalue weighted by Crippen LogP contribution is 2.16. The molecule has 16 heavy (non-hydrogen) atoms. The minimum absolute atomic E-state index is 0.134. The highest BCUT2D eigenvalue weighted by molar-refractivity contribution is 6.01. The van der Waals surface area contributed by atoms with Gasteiger partial charge in [0, 0.05) is 12.8 Å². The van der Waals surface area contributed by atoms with Crippen LogP contribution in [0.4, 0.5) is 0 Å². The first-order chi connectivity index (χ1) is 7.56. The van der Waals surface area contributed by atoms with Gasteiger partial charge in [-0.25, -0.2) is 4.79 Å². The van der Waals surface area contributed by atoms with Gasteiger partial charge in [-0.05, 0) is 6.42 Å². The fourth-order valence-corrected chi connectivity index (χ4v) is 1.47. The highest BCUT2D eigenvalue weighted by atomic mass is 16.7. The van der Waals surface area contributed by atoms with Crippen molar-refractivity contribution in [2.75, 3.05) is 0 Å². The van der Waals surface area contributed by atoms with Crippen LogP contribution in [0.15, 0.2) is 0 Å². The van der Waals surface area contributed by atoms with Crippen LogP contribution in [-0.2, 0) is 19.2 Å². The van der Waals surface area contributed by atoms with Crippen molar-refractivity contribution in [3.8, 4) is 0 Å². The quantitative estimate of drug-likeness (QED) is 0.666. The van der Waals surface area contributed by atoms with Gasteiger partial charge in [-0.3, -0.25) is 9.59 Å². The van der Waals surface area contributed by atoms with Gasteiger partial charge in [-0.2, -0.15) is 0 Å². The van der Waals surface area contributed by atoms with E-state index in [0.29, 0.717) is 11.5 Å². The maximum absolute atomic E-state index is 11.5. The minimum Gasteiger partial charge on any atom is -0.330 e. The third kappa shape index (κ3) is 3.05. The first-order valence-electron chi connectivity index (χ1n) is 5.63. The zero-order chi connectivity index (χ0) is 12.1. The van der Waals surface area contributed by atoms with Crippen molar-refractivity contribution in [3.63, 3.8) is 0 Å². The fourth-order valence-electron chi connectivity index (χ4n) is 1.47. The Bertz CT molecular complexity index is 284. The monoisotopic (exact) mass is 227 g/mol. The Kier molecular flexibility index (Phi) is 4.46. The van der Waals surface area contributed by atoms with E-state index < -0.39 is 17.8 Å². The van der Waals surface area contributed by atoms with Crippen molar-refractivity contribution in [3.05, 3.63) is 0 Å². The maximum Gasteiger partial charge on any atom is 0.335 e. The Labute approximate surface area is 94.7 Å². The molecule has 1 fully saturated rings. The third-order valence-electron chi connectivity index (χ3n) is 2.58. The fraction of sp³-hybridized carbons (Fsp3) is 0.727. The first kappa shape index (κ1) is 12.7. The van der Waals surface area contributed by atoms with Gasteiger partial charge < -0.3 is 4.84 Å². The number of nitrogens with zero attached hydrogens (tertiary/aromatic N) is 1. The number of amides is 2. The van der Waals surface area contributed by atoms with Crippen LogP contribution >= 0.6 is 0 Å². The summed E-state index contributed by atoms with van der Waals surface area (Å²) in [5.41, 5.74) is 0. The summed E-state index contributed by atoms with van der Waals surface area (Å²) < 4.78 is 0. The average Bonchev–Trinajstić information content (AvgIpc) is 2.57. The number of hydroxylamine groups is 2. The summed E-state index contributed by atoms with van der Waals surface area (Å²) in [4.78, 5) is 38.7. The van der Waals surface area contributed by atoms with E-state index >= 15 is 0 Å². The molecule has 5 heteroatoms. The topological polar surface area (TPSA) is 63.7 Å². The number of hydrogen-bond acceptors (Lipinski definition) is 4. The molecular weight excluding hydrogens is 210 g/mol. The van der Waals surface area contributed by atoms with Crippen LogP contribution in [0, 0.1) is 5.92 Å². The Morgan fingerprint density at radius 1 is 1.38 bits per heavy atom. The predicted molar refractivity (Wildman–Crippen MR) is 55.9 cm³/mol. The van der Waals surface area contributed by atoms with Crippen LogP contribution in [0.3, 0.4) is 0 Å². The van der Waals surface area contributed by atoms with E-state index in [4.69, 9.17) is 4.84 Å². The first-order valence-corrected chi connectivity index (χ1v) is 5.63. The van der Waals surface area contributed by atoms with E-state index in [0.717, 1.165) is 12.8 Å². The largest absolute Gasteiger partial charge is 0.335 e. The molecule has 0 aromatic heterocycles. The molecule has 0 spiro atoms. The SMILES string of the molecule is CCCC[C@H](C)C(=O)ON1C(=O)CCC1=O. The van der Waals surface area contributed by atoms with Crippen LogP contribution in [-0.4, -0.2) is 22.8 Å². The molecular formula is C11H17NO4. The molecule has 0 aliphatic carbocycles. The lowest BCUT2D eigenvalue weighted by molar-refractivity contribution is -0.200. The van der Waals surface area contributed by atoms with Gasteiger partial charge >= 0.3 is 5.97 Å². The molecule has 90 valence electrons. The number of hydrogen-bond donors (Lipinski definition) is 0. The summed E-state index contributed by atoms with van der Waals surface area (Å²) in [5, 5.41) is 0.602. The minimum atomic E-state index is -0.503. The van der Waals surface area contributed by atoms with Gasteiger partial charge in [0.05, 0.1) is 5.92 Å². The standard InChI is InChI=1S/C11H17NO4/c1-3-4-5-8(2)11(15)16-12-9(13)6-7-10(12)14/h8H,3-7H2,1-2H3/t8-/m0/s1. The summed E-state index contributed by atoms with van der Waals surface area (Å²) in [6, 6.07) is 0. The predicted octanol–water partition coefficient (Wildman–Crippen LogP) is 1.42. The van der Waals surface area contributed by atoms with E-state index in [1.165, 1.54) is 0 Å². The lowest BCUT2D eigenvalue weighted by Crippen LogP contribution is -2.34. The summed E-state index contributed by atoms with van der Waals surface area (Å²) in [6.07, 6.45) is 2.91. The molecule has 0 radical (unpaired) electrons. The van der Waals surface area contributed by atoms with E-state index in [1.54, 1.807) is 6.92 Å². The van der Waals surface area contributed by atoms with Crippen molar-refractivity contribution in [1.29, 1.82) is 0 Å². The van der Waals surface area contributed by atoms with Crippen LogP contribution in [0.1, 0.15) is 46.0 Å². The van der Waals surface area contributed by atoms with Crippen LogP contribution in [0.2, 0.25) is 0 Å². The third-order valence-corrected chi connectivity index (χ3v) is 2.58. The van der Waals surface area contributed by atoms with Gasteiger partial charge in [-0.1, -0.05) is 26.7 Å². The molecule has 0 N–H and O–H groups in total. The number of unbranched alkanes of at least 4 members (excludes halogenated alkanes) is 1. The zero-order valence-corrected chi connectivity index (χ0v) is 9.69. The van der Waals surface area contributed by atoms with E-state index in [-0.39, 0.29) is 18.8 Å². The maximum atomic E-state index is 11.5. The molecule has 0 bridgehead atoms. The van der Waals surface area contributed by atoms with Crippen LogP contribution in [0.5, 0.6) is 0 Å². The number of rotatable bonds is 5. The van der Waals surface area contributed by atoms with Crippen molar-refractivity contribution in [2.24, 2.45) is 5.92 Å². The smallest absolute Gasteiger partial charge is 0.330 e. The summed E-state index contributed by atoms with van der Waals surface area (Å²) in [5.74, 6) is -1.64. The average molecular weight is 227 g/mol.